The second kappa shape index (κ2) is 18.4. The van der Waals surface area contributed by atoms with Crippen molar-refractivity contribution in [2.24, 2.45) is 0 Å². The average Bonchev–Trinajstić information content (AvgIpc) is 3.65. The molecule has 0 N–H and O–H groups in total. The van der Waals surface area contributed by atoms with Crippen LogP contribution in [0.25, 0.3) is 49.0 Å². The van der Waals surface area contributed by atoms with Gasteiger partial charge >= 0.3 is 0 Å². The largest absolute Gasteiger partial charge is 0.487 e. The van der Waals surface area contributed by atoms with Crippen molar-refractivity contribution in [1.82, 2.24) is 0 Å². The predicted octanol–water partition coefficient (Wildman–Crippen LogP) is 18.2. The highest BCUT2D eigenvalue weighted by Gasteiger charge is 2.28. The van der Waals surface area contributed by atoms with Crippen LogP contribution in [0.2, 0.25) is 0 Å². The zero-order valence-corrected chi connectivity index (χ0v) is 40.2. The van der Waals surface area contributed by atoms with Crippen LogP contribution >= 0.6 is 0 Å². The number of ether oxygens (including phenoxy) is 1. The van der Waals surface area contributed by atoms with E-state index in [0.717, 1.165) is 93.4 Å². The van der Waals surface area contributed by atoms with Gasteiger partial charge < -0.3 is 19.0 Å². The fraction of sp³-hybridized carbons (Fsp3) is 0.226. The van der Waals surface area contributed by atoms with E-state index >= 15 is 0 Å². The van der Waals surface area contributed by atoms with E-state index < -0.39 is 0 Å². The molecule has 8 aromatic carbocycles. The lowest BCUT2D eigenvalue weighted by molar-refractivity contribution is 0.352. The van der Waals surface area contributed by atoms with Gasteiger partial charge in [0.2, 0.25) is 0 Å². The Kier molecular flexibility index (Phi) is 12.3. The Morgan fingerprint density at radius 3 is 1.98 bits per heavy atom. The number of unbranched alkanes of at least 4 members (excludes halogenated alkanes) is 1. The summed E-state index contributed by atoms with van der Waals surface area (Å²) in [5.74, 6) is 1.73. The molecule has 4 nitrogen and oxygen atoms in total. The van der Waals surface area contributed by atoms with E-state index in [4.69, 9.17) is 9.15 Å². The SMILES string of the molecule is C=C(C)CCC/C=C(/C)COc1ccccc1N(c1ccc(C)cc1CC)c1ccc2ccc3c(N(/C(=C/C)c4oc5c(C)cccc5c4C)c4ccc(C)cc4C)ccc4ccc1c2c43. The summed E-state index contributed by atoms with van der Waals surface area (Å²) in [4.78, 5) is 4.87. The highest BCUT2D eigenvalue weighted by atomic mass is 16.5. The summed E-state index contributed by atoms with van der Waals surface area (Å²) < 4.78 is 13.7. The van der Waals surface area contributed by atoms with Crippen molar-refractivity contribution in [2.75, 3.05) is 16.4 Å². The molecule has 0 bridgehead atoms. The predicted molar refractivity (Wildman–Crippen MR) is 284 cm³/mol. The van der Waals surface area contributed by atoms with Gasteiger partial charge in [0, 0.05) is 33.1 Å². The molecular weight excluding hydrogens is 805 g/mol. The lowest BCUT2D eigenvalue weighted by Crippen LogP contribution is -2.17. The standard InChI is InChI=1S/C62H62N2O2/c1-11-46-37-41(6)25-33-54(46)64(57-22-15-16-23-58(57)65-38-42(7)19-14-13-18-39(3)4)56-35-29-48-26-30-50-55(34-28-47-27-31-51(56)60(48)59(47)50)63(53-32-24-40(5)36-44(53)9)52(12-2)62-45(10)49-21-17-20-43(8)61(49)66-62/h12,15-17,19-37H,3,11,13-14,18,38H2,1-2,4-10H3/b42-19-,52-12+. The molecular formula is C62H62N2O2. The van der Waals surface area contributed by atoms with E-state index in [9.17, 15) is 0 Å². The van der Waals surface area contributed by atoms with Crippen LogP contribution in [0.3, 0.4) is 0 Å². The summed E-state index contributed by atoms with van der Waals surface area (Å²) in [6.45, 7) is 24.1. The molecule has 0 aliphatic rings. The fourth-order valence-electron chi connectivity index (χ4n) is 9.97. The highest BCUT2D eigenvalue weighted by molar-refractivity contribution is 6.28. The molecule has 0 saturated carbocycles. The maximum absolute atomic E-state index is 6.89. The Hall–Kier alpha value is -7.04. The van der Waals surface area contributed by atoms with Gasteiger partial charge in [-0.1, -0.05) is 127 Å². The van der Waals surface area contributed by atoms with Gasteiger partial charge in [0.25, 0.3) is 0 Å². The maximum Gasteiger partial charge on any atom is 0.154 e. The smallest absolute Gasteiger partial charge is 0.154 e. The van der Waals surface area contributed by atoms with E-state index in [-0.39, 0.29) is 0 Å². The summed E-state index contributed by atoms with van der Waals surface area (Å²) in [7, 11) is 0. The molecule has 1 aromatic heterocycles. The third kappa shape index (κ3) is 8.15. The van der Waals surface area contributed by atoms with Gasteiger partial charge in [-0.2, -0.15) is 0 Å². The Labute approximate surface area is 391 Å². The van der Waals surface area contributed by atoms with Crippen molar-refractivity contribution in [3.63, 3.8) is 0 Å². The molecule has 0 amide bonds. The average molecular weight is 867 g/mol. The van der Waals surface area contributed by atoms with Gasteiger partial charge in [0.1, 0.15) is 17.9 Å². The third-order valence-corrected chi connectivity index (χ3v) is 13.3. The minimum Gasteiger partial charge on any atom is -0.487 e. The van der Waals surface area contributed by atoms with Gasteiger partial charge in [-0.15, -0.1) is 6.58 Å². The number of furan rings is 1. The summed E-state index contributed by atoms with van der Waals surface area (Å²) in [5, 5.41) is 8.39. The van der Waals surface area contributed by atoms with Crippen LogP contribution in [-0.4, -0.2) is 6.61 Å². The van der Waals surface area contributed by atoms with Crippen molar-refractivity contribution >= 4 is 77.4 Å². The molecule has 0 radical (unpaired) electrons. The summed E-state index contributed by atoms with van der Waals surface area (Å²) in [5.41, 5.74) is 17.1. The van der Waals surface area contributed by atoms with Crippen LogP contribution in [0.1, 0.15) is 86.1 Å². The minimum absolute atomic E-state index is 0.520. The number of fused-ring (bicyclic) bond motifs is 1. The van der Waals surface area contributed by atoms with E-state index in [2.05, 4.69) is 218 Å². The normalized spacial score (nSPS) is 12.3. The van der Waals surface area contributed by atoms with Gasteiger partial charge in [0.15, 0.2) is 5.76 Å². The van der Waals surface area contributed by atoms with Gasteiger partial charge in [-0.25, -0.2) is 0 Å². The number of hydrogen-bond acceptors (Lipinski definition) is 4. The number of rotatable bonds is 15. The first-order chi connectivity index (χ1) is 32.0. The molecule has 9 rings (SSSR count). The Balaban J connectivity index is 1.25. The second-order valence-corrected chi connectivity index (χ2v) is 18.4. The fourth-order valence-corrected chi connectivity index (χ4v) is 9.97. The van der Waals surface area contributed by atoms with E-state index in [1.54, 1.807) is 0 Å². The quantitative estimate of drug-likeness (QED) is 0.0583. The first-order valence-electron chi connectivity index (χ1n) is 23.6. The Morgan fingerprint density at radius 2 is 1.30 bits per heavy atom. The third-order valence-electron chi connectivity index (χ3n) is 13.3. The minimum atomic E-state index is 0.520. The zero-order valence-electron chi connectivity index (χ0n) is 40.2. The first kappa shape index (κ1) is 44.2. The number of nitrogens with zero attached hydrogens (tertiary/aromatic N) is 2. The molecule has 0 atom stereocenters. The number of hydrogen-bond donors (Lipinski definition) is 0. The summed E-state index contributed by atoms with van der Waals surface area (Å²) >= 11 is 0. The number of aryl methyl sites for hydroxylation is 6. The van der Waals surface area contributed by atoms with Crippen LogP contribution in [-0.2, 0) is 6.42 Å². The number of benzene rings is 8. The monoisotopic (exact) mass is 866 g/mol. The molecule has 66 heavy (non-hydrogen) atoms. The molecule has 332 valence electrons. The molecule has 4 heteroatoms. The summed E-state index contributed by atoms with van der Waals surface area (Å²) in [6, 6.07) is 47.0. The van der Waals surface area contributed by atoms with Gasteiger partial charge in [-0.3, -0.25) is 0 Å². The lowest BCUT2D eigenvalue weighted by Gasteiger charge is -2.32. The maximum atomic E-state index is 6.89. The van der Waals surface area contributed by atoms with Gasteiger partial charge in [-0.05, 0) is 161 Å². The van der Waals surface area contributed by atoms with E-state index in [1.807, 2.05) is 0 Å². The second-order valence-electron chi connectivity index (χ2n) is 18.4. The van der Waals surface area contributed by atoms with Crippen LogP contribution in [0, 0.1) is 34.6 Å². The molecule has 9 aromatic rings. The van der Waals surface area contributed by atoms with Crippen molar-refractivity contribution in [1.29, 1.82) is 0 Å². The van der Waals surface area contributed by atoms with E-state index in [1.165, 1.54) is 65.7 Å². The molecule has 1 heterocycles. The van der Waals surface area contributed by atoms with Crippen molar-refractivity contribution in [2.45, 2.75) is 88.0 Å². The van der Waals surface area contributed by atoms with Crippen LogP contribution < -0.4 is 14.5 Å². The van der Waals surface area contributed by atoms with Gasteiger partial charge in [0.05, 0.1) is 22.8 Å². The molecule has 0 saturated heterocycles. The van der Waals surface area contributed by atoms with Crippen molar-refractivity contribution < 1.29 is 9.15 Å². The number of para-hydroxylation sites is 3. The van der Waals surface area contributed by atoms with Crippen LogP contribution in [0.15, 0.2) is 162 Å². The lowest BCUT2D eigenvalue weighted by atomic mass is 9.91. The summed E-state index contributed by atoms with van der Waals surface area (Å²) in [6.07, 6.45) is 8.57. The van der Waals surface area contributed by atoms with Crippen molar-refractivity contribution in [3.05, 3.63) is 196 Å². The molecule has 0 aliphatic carbocycles. The number of anilines is 5. The van der Waals surface area contributed by atoms with Crippen molar-refractivity contribution in [3.8, 4) is 5.75 Å². The molecule has 0 spiro atoms. The molecule has 0 aliphatic heterocycles. The highest BCUT2D eigenvalue weighted by Crippen LogP contribution is 2.50. The molecule has 0 unspecified atom stereocenters. The Bertz CT molecular complexity index is 3340. The van der Waals surface area contributed by atoms with E-state index in [0.29, 0.717) is 6.61 Å². The Morgan fingerprint density at radius 1 is 0.652 bits per heavy atom. The van der Waals surface area contributed by atoms with Crippen LogP contribution in [0.4, 0.5) is 28.4 Å². The molecule has 0 fully saturated rings. The first-order valence-corrected chi connectivity index (χ1v) is 23.6. The van der Waals surface area contributed by atoms with Crippen LogP contribution in [0.5, 0.6) is 5.75 Å². The topological polar surface area (TPSA) is 28.9 Å². The zero-order chi connectivity index (χ0) is 46.2. The number of allylic oxidation sites excluding steroid dienone is 3.